The molecule has 2 heteroatoms. The van der Waals surface area contributed by atoms with Crippen molar-refractivity contribution in [3.63, 3.8) is 0 Å². The zero-order valence-corrected chi connectivity index (χ0v) is 10.9. The van der Waals surface area contributed by atoms with Gasteiger partial charge < -0.3 is 10.5 Å². The fourth-order valence-corrected chi connectivity index (χ4v) is 2.49. The molecule has 0 aromatic heterocycles. The predicted octanol–water partition coefficient (Wildman–Crippen LogP) is 3.66. The van der Waals surface area contributed by atoms with E-state index in [1.54, 1.807) is 0 Å². The van der Waals surface area contributed by atoms with Crippen molar-refractivity contribution in [1.29, 1.82) is 0 Å². The van der Waals surface area contributed by atoms with Crippen LogP contribution in [0.4, 0.5) is 0 Å². The Morgan fingerprint density at radius 1 is 1.18 bits per heavy atom. The number of ether oxygens (including phenoxy) is 1. The molecule has 94 valence electrons. The second-order valence-corrected chi connectivity index (χ2v) is 5.33. The van der Waals surface area contributed by atoms with Crippen LogP contribution >= 0.6 is 0 Å². The molecule has 2 nitrogen and oxygen atoms in total. The lowest BCUT2D eigenvalue weighted by atomic mass is 9.89. The summed E-state index contributed by atoms with van der Waals surface area (Å²) >= 11 is 0. The highest BCUT2D eigenvalue weighted by Gasteiger charge is 2.20. The molecule has 1 aromatic rings. The molecule has 1 saturated carbocycles. The van der Waals surface area contributed by atoms with Crippen LogP contribution in [0.5, 0.6) is 5.75 Å². The normalized spacial score (nSPS) is 26.5. The SMILES string of the molecule is CC1CCC(Oc2ccccc2[C@H](C)N)CC1. The van der Waals surface area contributed by atoms with Crippen molar-refractivity contribution in [2.75, 3.05) is 0 Å². The lowest BCUT2D eigenvalue weighted by Gasteiger charge is -2.28. The van der Waals surface area contributed by atoms with E-state index in [2.05, 4.69) is 13.0 Å². The van der Waals surface area contributed by atoms with E-state index in [0.29, 0.717) is 6.10 Å². The quantitative estimate of drug-likeness (QED) is 0.864. The van der Waals surface area contributed by atoms with E-state index in [-0.39, 0.29) is 6.04 Å². The molecule has 0 spiro atoms. The predicted molar refractivity (Wildman–Crippen MR) is 71.1 cm³/mol. The lowest BCUT2D eigenvalue weighted by Crippen LogP contribution is -2.24. The molecule has 2 N–H and O–H groups in total. The van der Waals surface area contributed by atoms with Crippen LogP contribution in [0.2, 0.25) is 0 Å². The molecule has 1 aliphatic carbocycles. The third-order valence-electron chi connectivity index (χ3n) is 3.67. The Labute approximate surface area is 104 Å². The van der Waals surface area contributed by atoms with E-state index in [1.807, 2.05) is 25.1 Å². The molecule has 0 heterocycles. The Morgan fingerprint density at radius 3 is 2.47 bits per heavy atom. The van der Waals surface area contributed by atoms with Gasteiger partial charge in [0, 0.05) is 11.6 Å². The van der Waals surface area contributed by atoms with Crippen LogP contribution in [0, 0.1) is 5.92 Å². The van der Waals surface area contributed by atoms with Crippen LogP contribution in [0.3, 0.4) is 0 Å². The standard InChI is InChI=1S/C15H23NO/c1-11-7-9-13(10-8-11)17-15-6-4-3-5-14(15)12(2)16/h3-6,11-13H,7-10,16H2,1-2H3/t11?,12-,13?/m0/s1. The number of hydrogen-bond donors (Lipinski definition) is 1. The Bertz CT molecular complexity index is 354. The zero-order chi connectivity index (χ0) is 12.3. The molecule has 1 fully saturated rings. The molecule has 0 aliphatic heterocycles. The van der Waals surface area contributed by atoms with E-state index in [1.165, 1.54) is 25.7 Å². The molecule has 0 bridgehead atoms. The summed E-state index contributed by atoms with van der Waals surface area (Å²) in [5, 5.41) is 0. The first-order chi connectivity index (χ1) is 8.16. The zero-order valence-electron chi connectivity index (χ0n) is 10.9. The molecule has 0 saturated heterocycles. The van der Waals surface area contributed by atoms with Gasteiger partial charge in [-0.1, -0.05) is 25.1 Å². The topological polar surface area (TPSA) is 35.2 Å². The monoisotopic (exact) mass is 233 g/mol. The van der Waals surface area contributed by atoms with Crippen LogP contribution in [0.25, 0.3) is 0 Å². The van der Waals surface area contributed by atoms with E-state index in [4.69, 9.17) is 10.5 Å². The van der Waals surface area contributed by atoms with Gasteiger partial charge in [-0.2, -0.15) is 0 Å². The molecule has 1 aromatic carbocycles. The number of benzene rings is 1. The largest absolute Gasteiger partial charge is 0.490 e. The van der Waals surface area contributed by atoms with Crippen molar-refractivity contribution in [3.05, 3.63) is 29.8 Å². The summed E-state index contributed by atoms with van der Waals surface area (Å²) in [6.45, 7) is 4.33. The third-order valence-corrected chi connectivity index (χ3v) is 3.67. The van der Waals surface area contributed by atoms with Crippen molar-refractivity contribution in [1.82, 2.24) is 0 Å². The van der Waals surface area contributed by atoms with Gasteiger partial charge in [-0.3, -0.25) is 0 Å². The van der Waals surface area contributed by atoms with Crippen molar-refractivity contribution >= 4 is 0 Å². The fraction of sp³-hybridized carbons (Fsp3) is 0.600. The maximum absolute atomic E-state index is 6.12. The average Bonchev–Trinajstić information content (AvgIpc) is 2.32. The molecule has 0 radical (unpaired) electrons. The van der Waals surface area contributed by atoms with Gasteiger partial charge in [-0.05, 0) is 44.6 Å². The number of hydrogen-bond acceptors (Lipinski definition) is 2. The van der Waals surface area contributed by atoms with Crippen LogP contribution in [-0.4, -0.2) is 6.10 Å². The minimum atomic E-state index is 0.0358. The van der Waals surface area contributed by atoms with Crippen LogP contribution in [-0.2, 0) is 0 Å². The Balaban J connectivity index is 2.03. The third kappa shape index (κ3) is 3.22. The molecular weight excluding hydrogens is 210 g/mol. The van der Waals surface area contributed by atoms with E-state index < -0.39 is 0 Å². The highest BCUT2D eigenvalue weighted by atomic mass is 16.5. The Morgan fingerprint density at radius 2 is 1.82 bits per heavy atom. The first kappa shape index (κ1) is 12.4. The lowest BCUT2D eigenvalue weighted by molar-refractivity contribution is 0.134. The minimum absolute atomic E-state index is 0.0358. The van der Waals surface area contributed by atoms with Gasteiger partial charge in [-0.15, -0.1) is 0 Å². The van der Waals surface area contributed by atoms with Crippen LogP contribution in [0.1, 0.15) is 51.1 Å². The minimum Gasteiger partial charge on any atom is -0.490 e. The maximum atomic E-state index is 6.12. The average molecular weight is 233 g/mol. The van der Waals surface area contributed by atoms with Gasteiger partial charge in [0.15, 0.2) is 0 Å². The summed E-state index contributed by atoms with van der Waals surface area (Å²) < 4.78 is 6.12. The van der Waals surface area contributed by atoms with Gasteiger partial charge >= 0.3 is 0 Å². The van der Waals surface area contributed by atoms with Gasteiger partial charge in [0.1, 0.15) is 5.75 Å². The summed E-state index contributed by atoms with van der Waals surface area (Å²) in [6, 6.07) is 8.18. The summed E-state index contributed by atoms with van der Waals surface area (Å²) in [5.41, 5.74) is 7.08. The summed E-state index contributed by atoms with van der Waals surface area (Å²) in [7, 11) is 0. The summed E-state index contributed by atoms with van der Waals surface area (Å²) in [6.07, 6.45) is 5.30. The number of nitrogens with two attached hydrogens (primary N) is 1. The maximum Gasteiger partial charge on any atom is 0.124 e. The van der Waals surface area contributed by atoms with Crippen molar-refractivity contribution < 1.29 is 4.74 Å². The van der Waals surface area contributed by atoms with Crippen molar-refractivity contribution in [3.8, 4) is 5.75 Å². The highest BCUT2D eigenvalue weighted by Crippen LogP contribution is 2.30. The highest BCUT2D eigenvalue weighted by molar-refractivity contribution is 5.35. The second kappa shape index (κ2) is 5.54. The Kier molecular flexibility index (Phi) is 4.06. The van der Waals surface area contributed by atoms with E-state index in [0.717, 1.165) is 17.2 Å². The van der Waals surface area contributed by atoms with Crippen molar-refractivity contribution in [2.45, 2.75) is 51.7 Å². The van der Waals surface area contributed by atoms with Crippen LogP contribution in [0.15, 0.2) is 24.3 Å². The summed E-state index contributed by atoms with van der Waals surface area (Å²) in [5.74, 6) is 1.83. The molecule has 0 unspecified atom stereocenters. The molecule has 0 amide bonds. The van der Waals surface area contributed by atoms with E-state index in [9.17, 15) is 0 Å². The molecule has 17 heavy (non-hydrogen) atoms. The van der Waals surface area contributed by atoms with Gasteiger partial charge in [0.05, 0.1) is 6.10 Å². The van der Waals surface area contributed by atoms with Gasteiger partial charge in [-0.25, -0.2) is 0 Å². The smallest absolute Gasteiger partial charge is 0.124 e. The molecule has 2 rings (SSSR count). The number of rotatable bonds is 3. The molecular formula is C15H23NO. The van der Waals surface area contributed by atoms with Gasteiger partial charge in [0.2, 0.25) is 0 Å². The Hall–Kier alpha value is -1.02. The van der Waals surface area contributed by atoms with Gasteiger partial charge in [0.25, 0.3) is 0 Å². The van der Waals surface area contributed by atoms with E-state index >= 15 is 0 Å². The second-order valence-electron chi connectivity index (χ2n) is 5.33. The first-order valence-corrected chi connectivity index (χ1v) is 6.68. The number of para-hydroxylation sites is 1. The first-order valence-electron chi connectivity index (χ1n) is 6.68. The van der Waals surface area contributed by atoms with Crippen molar-refractivity contribution in [2.24, 2.45) is 11.7 Å². The van der Waals surface area contributed by atoms with Crippen LogP contribution < -0.4 is 10.5 Å². The summed E-state index contributed by atoms with van der Waals surface area (Å²) in [4.78, 5) is 0. The molecule has 1 aliphatic rings. The molecule has 1 atom stereocenters. The fourth-order valence-electron chi connectivity index (χ4n) is 2.49.